The molecule has 0 bridgehead atoms. The third-order valence-corrected chi connectivity index (χ3v) is 5.01. The Morgan fingerprint density at radius 2 is 2.29 bits per heavy atom. The first-order valence-electron chi connectivity index (χ1n) is 7.66. The van der Waals surface area contributed by atoms with E-state index in [0.717, 1.165) is 13.0 Å². The van der Waals surface area contributed by atoms with Gasteiger partial charge < -0.3 is 16.0 Å². The van der Waals surface area contributed by atoms with Gasteiger partial charge in [0.25, 0.3) is 5.91 Å². The standard InChI is InChI=1S/C16H24BrN3O/c1-12-6-2-3-10-20(12)11-5-9-19-16(21)13-7-4-8-14(18)15(13)17/h4,7-8,12H,2-3,5-6,9-11,18H2,1H3,(H,19,21). The fraction of sp³-hybridized carbons (Fsp3) is 0.562. The maximum Gasteiger partial charge on any atom is 0.252 e. The van der Waals surface area contributed by atoms with Crippen LogP contribution in [-0.4, -0.2) is 36.5 Å². The molecule has 0 saturated carbocycles. The van der Waals surface area contributed by atoms with Gasteiger partial charge in [-0.15, -0.1) is 0 Å². The molecule has 21 heavy (non-hydrogen) atoms. The van der Waals surface area contributed by atoms with Crippen molar-refractivity contribution >= 4 is 27.5 Å². The Labute approximate surface area is 135 Å². The second-order valence-electron chi connectivity index (χ2n) is 5.70. The van der Waals surface area contributed by atoms with Crippen molar-refractivity contribution < 1.29 is 4.79 Å². The SMILES string of the molecule is CC1CCCCN1CCCNC(=O)c1cccc(N)c1Br. The third-order valence-electron chi connectivity index (χ3n) is 4.12. The number of amides is 1. The maximum absolute atomic E-state index is 12.1. The summed E-state index contributed by atoms with van der Waals surface area (Å²) in [4.78, 5) is 14.6. The van der Waals surface area contributed by atoms with E-state index in [4.69, 9.17) is 5.73 Å². The number of piperidine rings is 1. The number of carbonyl (C=O) groups is 1. The number of nitrogens with zero attached hydrogens (tertiary/aromatic N) is 1. The highest BCUT2D eigenvalue weighted by Gasteiger charge is 2.17. The summed E-state index contributed by atoms with van der Waals surface area (Å²) in [6.07, 6.45) is 4.92. The summed E-state index contributed by atoms with van der Waals surface area (Å²) in [5.74, 6) is -0.0686. The highest BCUT2D eigenvalue weighted by Crippen LogP contribution is 2.23. The van der Waals surface area contributed by atoms with Crippen LogP contribution in [0, 0.1) is 0 Å². The Balaban J connectivity index is 1.75. The summed E-state index contributed by atoms with van der Waals surface area (Å²) >= 11 is 3.37. The molecule has 2 rings (SSSR count). The predicted octanol–water partition coefficient (Wildman–Crippen LogP) is 3.03. The number of anilines is 1. The zero-order valence-corrected chi connectivity index (χ0v) is 14.2. The van der Waals surface area contributed by atoms with Crippen LogP contribution in [0.4, 0.5) is 5.69 Å². The van der Waals surface area contributed by atoms with Gasteiger partial charge in [-0.1, -0.05) is 12.5 Å². The van der Waals surface area contributed by atoms with E-state index in [0.29, 0.717) is 28.3 Å². The first-order valence-corrected chi connectivity index (χ1v) is 8.45. The van der Waals surface area contributed by atoms with Crippen molar-refractivity contribution in [3.05, 3.63) is 28.2 Å². The summed E-state index contributed by atoms with van der Waals surface area (Å²) < 4.78 is 0.673. The largest absolute Gasteiger partial charge is 0.398 e. The lowest BCUT2D eigenvalue weighted by Crippen LogP contribution is -2.39. The molecule has 5 heteroatoms. The van der Waals surface area contributed by atoms with Gasteiger partial charge in [-0.05, 0) is 60.8 Å². The Morgan fingerprint density at radius 1 is 1.48 bits per heavy atom. The number of nitrogens with one attached hydrogen (secondary N) is 1. The van der Waals surface area contributed by atoms with Crippen molar-refractivity contribution in [1.82, 2.24) is 10.2 Å². The Hall–Kier alpha value is -1.07. The van der Waals surface area contributed by atoms with E-state index in [9.17, 15) is 4.79 Å². The minimum Gasteiger partial charge on any atom is -0.398 e. The van der Waals surface area contributed by atoms with Gasteiger partial charge in [-0.25, -0.2) is 0 Å². The number of nitrogen functional groups attached to an aromatic ring is 1. The van der Waals surface area contributed by atoms with Gasteiger partial charge in [-0.2, -0.15) is 0 Å². The molecule has 0 aliphatic carbocycles. The number of nitrogens with two attached hydrogens (primary N) is 1. The van der Waals surface area contributed by atoms with Crippen molar-refractivity contribution in [3.63, 3.8) is 0 Å². The van der Waals surface area contributed by atoms with Gasteiger partial charge >= 0.3 is 0 Å². The van der Waals surface area contributed by atoms with E-state index in [1.807, 2.05) is 0 Å². The fourth-order valence-electron chi connectivity index (χ4n) is 2.79. The Morgan fingerprint density at radius 3 is 3.05 bits per heavy atom. The summed E-state index contributed by atoms with van der Waals surface area (Å²) in [5.41, 5.74) is 6.98. The van der Waals surface area contributed by atoms with Gasteiger partial charge in [0.05, 0.1) is 10.0 Å². The molecule has 0 spiro atoms. The number of likely N-dealkylation sites (tertiary alicyclic amines) is 1. The summed E-state index contributed by atoms with van der Waals surface area (Å²) in [6, 6.07) is 6.03. The molecule has 1 fully saturated rings. The zero-order valence-electron chi connectivity index (χ0n) is 12.6. The van der Waals surface area contributed by atoms with Gasteiger partial charge in [0.2, 0.25) is 0 Å². The quantitative estimate of drug-likeness (QED) is 0.631. The van der Waals surface area contributed by atoms with Crippen LogP contribution in [0.15, 0.2) is 22.7 Å². The Bertz CT molecular complexity index is 492. The summed E-state index contributed by atoms with van der Waals surface area (Å²) in [5, 5.41) is 2.97. The van der Waals surface area contributed by atoms with E-state index in [1.165, 1.54) is 25.8 Å². The van der Waals surface area contributed by atoms with Crippen LogP contribution < -0.4 is 11.1 Å². The zero-order chi connectivity index (χ0) is 15.2. The van der Waals surface area contributed by atoms with Crippen LogP contribution in [0.1, 0.15) is 43.0 Å². The monoisotopic (exact) mass is 353 g/mol. The lowest BCUT2D eigenvalue weighted by molar-refractivity contribution is 0.0948. The number of hydrogen-bond acceptors (Lipinski definition) is 3. The van der Waals surface area contributed by atoms with Crippen LogP contribution in [0.5, 0.6) is 0 Å². The highest BCUT2D eigenvalue weighted by atomic mass is 79.9. The molecule has 1 aliphatic rings. The van der Waals surface area contributed by atoms with Crippen molar-refractivity contribution in [2.75, 3.05) is 25.4 Å². The molecule has 1 aromatic rings. The number of hydrogen-bond donors (Lipinski definition) is 2. The van der Waals surface area contributed by atoms with E-state index in [1.54, 1.807) is 18.2 Å². The smallest absolute Gasteiger partial charge is 0.252 e. The summed E-state index contributed by atoms with van der Waals surface area (Å²) in [6.45, 7) is 5.24. The van der Waals surface area contributed by atoms with Crippen LogP contribution in [0.25, 0.3) is 0 Å². The topological polar surface area (TPSA) is 58.4 Å². The third kappa shape index (κ3) is 4.45. The van der Waals surface area contributed by atoms with E-state index >= 15 is 0 Å². The molecule has 116 valence electrons. The van der Waals surface area contributed by atoms with E-state index in [-0.39, 0.29) is 5.91 Å². The highest BCUT2D eigenvalue weighted by molar-refractivity contribution is 9.10. The molecule has 1 atom stereocenters. The number of halogens is 1. The molecule has 1 amide bonds. The molecular formula is C16H24BrN3O. The number of carbonyl (C=O) groups excluding carboxylic acids is 1. The minimum atomic E-state index is -0.0686. The lowest BCUT2D eigenvalue weighted by Gasteiger charge is -2.33. The molecule has 3 N–H and O–H groups in total. The van der Waals surface area contributed by atoms with Gasteiger partial charge in [0.1, 0.15) is 0 Å². The van der Waals surface area contributed by atoms with Gasteiger partial charge in [0.15, 0.2) is 0 Å². The summed E-state index contributed by atoms with van der Waals surface area (Å²) in [7, 11) is 0. The molecular weight excluding hydrogens is 330 g/mol. The predicted molar refractivity (Wildman–Crippen MR) is 90.4 cm³/mol. The van der Waals surface area contributed by atoms with Crippen LogP contribution in [0.2, 0.25) is 0 Å². The fourth-order valence-corrected chi connectivity index (χ4v) is 3.24. The molecule has 1 unspecified atom stereocenters. The van der Waals surface area contributed by atoms with Crippen molar-refractivity contribution in [1.29, 1.82) is 0 Å². The van der Waals surface area contributed by atoms with Crippen LogP contribution in [0.3, 0.4) is 0 Å². The van der Waals surface area contributed by atoms with Crippen molar-refractivity contribution in [3.8, 4) is 0 Å². The van der Waals surface area contributed by atoms with E-state index < -0.39 is 0 Å². The molecule has 0 aromatic heterocycles. The maximum atomic E-state index is 12.1. The first-order chi connectivity index (χ1) is 10.1. The average molecular weight is 354 g/mol. The molecule has 1 aliphatic heterocycles. The van der Waals surface area contributed by atoms with Crippen LogP contribution >= 0.6 is 15.9 Å². The average Bonchev–Trinajstić information content (AvgIpc) is 2.48. The lowest BCUT2D eigenvalue weighted by atomic mass is 10.0. The molecule has 0 radical (unpaired) electrons. The first kappa shape index (κ1) is 16.3. The number of rotatable bonds is 5. The van der Waals surface area contributed by atoms with Gasteiger partial charge in [-0.3, -0.25) is 4.79 Å². The molecule has 1 aromatic carbocycles. The second kappa shape index (κ2) is 7.80. The molecule has 1 saturated heterocycles. The van der Waals surface area contributed by atoms with Crippen LogP contribution in [-0.2, 0) is 0 Å². The molecule has 1 heterocycles. The van der Waals surface area contributed by atoms with Crippen molar-refractivity contribution in [2.45, 2.75) is 38.6 Å². The second-order valence-corrected chi connectivity index (χ2v) is 6.49. The normalized spacial score (nSPS) is 19.4. The van der Waals surface area contributed by atoms with E-state index in [2.05, 4.69) is 33.1 Å². The Kier molecular flexibility index (Phi) is 6.06. The minimum absolute atomic E-state index is 0.0686. The number of benzene rings is 1. The van der Waals surface area contributed by atoms with Crippen molar-refractivity contribution in [2.24, 2.45) is 0 Å². The molecule has 4 nitrogen and oxygen atoms in total. The van der Waals surface area contributed by atoms with Gasteiger partial charge in [0, 0.05) is 24.8 Å².